The molecule has 0 spiro atoms. The Morgan fingerprint density at radius 1 is 1.00 bits per heavy atom. The first kappa shape index (κ1) is 14.6. The van der Waals surface area contributed by atoms with E-state index in [0.717, 1.165) is 30.0 Å². The van der Waals surface area contributed by atoms with E-state index in [9.17, 15) is 22.0 Å². The number of benzene rings is 1. The van der Waals surface area contributed by atoms with Crippen LogP contribution in [0.2, 0.25) is 0 Å². The van der Waals surface area contributed by atoms with E-state index in [0.29, 0.717) is 6.07 Å². The second kappa shape index (κ2) is 5.28. The SMILES string of the molecule is Nc1cc(C(F)(F)F)cc(Sc2ccc(F)c(F)c2)n1. The standard InChI is InChI=1S/C12H7F5N2S/c13-8-2-1-7(5-9(8)14)20-11-4-6(12(15,16)17)3-10(18)19-11/h1-5H,(H2,18,19). The molecule has 1 aromatic heterocycles. The van der Waals surface area contributed by atoms with Crippen LogP contribution in [0, 0.1) is 11.6 Å². The van der Waals surface area contributed by atoms with E-state index in [2.05, 4.69) is 4.98 Å². The molecule has 8 heteroatoms. The Kier molecular flexibility index (Phi) is 3.85. The fourth-order valence-corrected chi connectivity index (χ4v) is 2.28. The molecule has 2 N–H and O–H groups in total. The maximum atomic E-state index is 13.0. The number of halogens is 5. The van der Waals surface area contributed by atoms with E-state index >= 15 is 0 Å². The Hall–Kier alpha value is -1.83. The molecule has 2 nitrogen and oxygen atoms in total. The molecule has 0 saturated carbocycles. The van der Waals surface area contributed by atoms with Crippen LogP contribution in [0.25, 0.3) is 0 Å². The van der Waals surface area contributed by atoms with E-state index in [1.165, 1.54) is 6.07 Å². The lowest BCUT2D eigenvalue weighted by Gasteiger charge is -2.09. The molecular formula is C12H7F5N2S. The largest absolute Gasteiger partial charge is 0.416 e. The van der Waals surface area contributed by atoms with E-state index < -0.39 is 23.4 Å². The van der Waals surface area contributed by atoms with Gasteiger partial charge in [0.1, 0.15) is 10.8 Å². The highest BCUT2D eigenvalue weighted by Gasteiger charge is 2.31. The molecule has 0 aliphatic heterocycles. The number of nitrogen functional groups attached to an aromatic ring is 1. The van der Waals surface area contributed by atoms with Crippen LogP contribution in [0.3, 0.4) is 0 Å². The molecule has 2 aromatic rings. The van der Waals surface area contributed by atoms with E-state index in [1.54, 1.807) is 0 Å². The average Bonchev–Trinajstić information content (AvgIpc) is 2.32. The molecule has 0 saturated heterocycles. The van der Waals surface area contributed by atoms with Crippen molar-refractivity contribution in [1.29, 1.82) is 0 Å². The molecule has 106 valence electrons. The molecule has 0 unspecified atom stereocenters. The van der Waals surface area contributed by atoms with Crippen molar-refractivity contribution in [2.24, 2.45) is 0 Å². The van der Waals surface area contributed by atoms with Gasteiger partial charge >= 0.3 is 6.18 Å². The van der Waals surface area contributed by atoms with Gasteiger partial charge in [-0.25, -0.2) is 13.8 Å². The predicted molar refractivity (Wildman–Crippen MR) is 64.1 cm³/mol. The average molecular weight is 306 g/mol. The second-order valence-corrected chi connectivity index (χ2v) is 4.89. The Morgan fingerprint density at radius 3 is 2.30 bits per heavy atom. The van der Waals surface area contributed by atoms with Gasteiger partial charge < -0.3 is 5.73 Å². The van der Waals surface area contributed by atoms with E-state index in [-0.39, 0.29) is 15.7 Å². The molecule has 0 radical (unpaired) electrons. The van der Waals surface area contributed by atoms with E-state index in [1.807, 2.05) is 0 Å². The van der Waals surface area contributed by atoms with Crippen molar-refractivity contribution < 1.29 is 22.0 Å². The van der Waals surface area contributed by atoms with Crippen LogP contribution >= 0.6 is 11.8 Å². The number of aromatic nitrogens is 1. The molecule has 0 atom stereocenters. The van der Waals surface area contributed by atoms with E-state index in [4.69, 9.17) is 5.73 Å². The van der Waals surface area contributed by atoms with Gasteiger partial charge in [-0.2, -0.15) is 13.2 Å². The maximum Gasteiger partial charge on any atom is 0.416 e. The van der Waals surface area contributed by atoms with Crippen molar-refractivity contribution >= 4 is 17.6 Å². The molecule has 2 rings (SSSR count). The number of anilines is 1. The highest BCUT2D eigenvalue weighted by molar-refractivity contribution is 7.99. The van der Waals surface area contributed by atoms with Crippen LogP contribution in [0.4, 0.5) is 27.8 Å². The van der Waals surface area contributed by atoms with Crippen molar-refractivity contribution in [2.45, 2.75) is 16.1 Å². The van der Waals surface area contributed by atoms with Gasteiger partial charge in [-0.05, 0) is 30.3 Å². The molecule has 0 amide bonds. The van der Waals surface area contributed by atoms with Crippen LogP contribution in [0.1, 0.15) is 5.56 Å². The third kappa shape index (κ3) is 3.38. The molecule has 0 aliphatic carbocycles. The zero-order valence-corrected chi connectivity index (χ0v) is 10.5. The lowest BCUT2D eigenvalue weighted by atomic mass is 10.2. The number of nitrogens with two attached hydrogens (primary N) is 1. The summed E-state index contributed by atoms with van der Waals surface area (Å²) in [5.74, 6) is -2.43. The monoisotopic (exact) mass is 306 g/mol. The first-order valence-electron chi connectivity index (χ1n) is 5.23. The second-order valence-electron chi connectivity index (χ2n) is 3.79. The lowest BCUT2D eigenvalue weighted by molar-refractivity contribution is -0.137. The molecule has 20 heavy (non-hydrogen) atoms. The maximum absolute atomic E-state index is 13.0. The van der Waals surface area contributed by atoms with Crippen LogP contribution in [0.5, 0.6) is 0 Å². The molecular weight excluding hydrogens is 299 g/mol. The van der Waals surface area contributed by atoms with Crippen molar-refractivity contribution in [3.63, 3.8) is 0 Å². The van der Waals surface area contributed by atoms with Crippen LogP contribution in [0.15, 0.2) is 40.3 Å². The van der Waals surface area contributed by atoms with Crippen LogP contribution < -0.4 is 5.73 Å². The van der Waals surface area contributed by atoms with Crippen LogP contribution in [-0.4, -0.2) is 4.98 Å². The van der Waals surface area contributed by atoms with Crippen molar-refractivity contribution in [1.82, 2.24) is 4.98 Å². The highest BCUT2D eigenvalue weighted by atomic mass is 32.2. The van der Waals surface area contributed by atoms with Gasteiger partial charge in [0.05, 0.1) is 5.56 Å². The Bertz CT molecular complexity index is 642. The Balaban J connectivity index is 2.33. The van der Waals surface area contributed by atoms with Gasteiger partial charge in [-0.1, -0.05) is 11.8 Å². The third-order valence-corrected chi connectivity index (χ3v) is 3.17. The zero-order valence-electron chi connectivity index (χ0n) is 9.71. The highest BCUT2D eigenvalue weighted by Crippen LogP contribution is 2.34. The molecule has 1 aromatic carbocycles. The summed E-state index contributed by atoms with van der Waals surface area (Å²) in [5, 5.41) is -0.0525. The zero-order chi connectivity index (χ0) is 14.9. The fourth-order valence-electron chi connectivity index (χ4n) is 1.40. The smallest absolute Gasteiger partial charge is 0.384 e. The summed E-state index contributed by atoms with van der Waals surface area (Å²) in [6.07, 6.45) is -4.56. The van der Waals surface area contributed by atoms with Gasteiger partial charge in [-0.3, -0.25) is 0 Å². The minimum absolute atomic E-state index is 0.0525. The Morgan fingerprint density at radius 2 is 1.70 bits per heavy atom. The van der Waals surface area contributed by atoms with Crippen molar-refractivity contribution in [2.75, 3.05) is 5.73 Å². The third-order valence-electron chi connectivity index (χ3n) is 2.26. The summed E-state index contributed by atoms with van der Waals surface area (Å²) in [6.45, 7) is 0. The van der Waals surface area contributed by atoms with Gasteiger partial charge in [0, 0.05) is 4.90 Å². The number of rotatable bonds is 2. The topological polar surface area (TPSA) is 38.9 Å². The first-order valence-corrected chi connectivity index (χ1v) is 6.05. The summed E-state index contributed by atoms with van der Waals surface area (Å²) in [7, 11) is 0. The van der Waals surface area contributed by atoms with Crippen LogP contribution in [-0.2, 0) is 6.18 Å². The van der Waals surface area contributed by atoms with Gasteiger partial charge in [0.15, 0.2) is 11.6 Å². The summed E-state index contributed by atoms with van der Waals surface area (Å²) in [4.78, 5) is 3.94. The number of alkyl halides is 3. The van der Waals surface area contributed by atoms with Crippen molar-refractivity contribution in [3.8, 4) is 0 Å². The number of hydrogen-bond donors (Lipinski definition) is 1. The van der Waals surface area contributed by atoms with Crippen molar-refractivity contribution in [3.05, 3.63) is 47.5 Å². The molecule has 1 heterocycles. The summed E-state index contributed by atoms with van der Waals surface area (Å²) in [5.41, 5.74) is 4.36. The molecule has 0 fully saturated rings. The quantitative estimate of drug-likeness (QED) is 0.849. The summed E-state index contributed by atoms with van der Waals surface area (Å²) >= 11 is 0.757. The number of hydrogen-bond acceptors (Lipinski definition) is 3. The minimum Gasteiger partial charge on any atom is -0.384 e. The minimum atomic E-state index is -4.56. The molecule has 0 bridgehead atoms. The summed E-state index contributed by atoms with van der Waals surface area (Å²) < 4.78 is 63.6. The normalized spacial score (nSPS) is 11.7. The lowest BCUT2D eigenvalue weighted by Crippen LogP contribution is -2.07. The Labute approximate surface area is 114 Å². The number of pyridine rings is 1. The first-order chi connectivity index (χ1) is 9.25. The van der Waals surface area contributed by atoms with Gasteiger partial charge in [0.25, 0.3) is 0 Å². The molecule has 0 aliphatic rings. The van der Waals surface area contributed by atoms with Gasteiger partial charge in [0.2, 0.25) is 0 Å². The number of nitrogens with zero attached hydrogens (tertiary/aromatic N) is 1. The summed E-state index contributed by atoms with van der Waals surface area (Å²) in [6, 6.07) is 4.49. The predicted octanol–water partition coefficient (Wildman–Crippen LogP) is 4.11. The fraction of sp³-hybridized carbons (Fsp3) is 0.0833. The van der Waals surface area contributed by atoms with Gasteiger partial charge in [-0.15, -0.1) is 0 Å².